The highest BCUT2D eigenvalue weighted by atomic mass is 32.2. The summed E-state index contributed by atoms with van der Waals surface area (Å²) in [6.07, 6.45) is 2.97. The maximum absolute atomic E-state index is 9.04. The first-order valence-electron chi connectivity index (χ1n) is 5.55. The van der Waals surface area contributed by atoms with Crippen LogP contribution in [0.4, 0.5) is 5.13 Å². The molecule has 1 aliphatic rings. The molecule has 0 aliphatic carbocycles. The number of aromatic nitrogens is 1. The van der Waals surface area contributed by atoms with E-state index in [0.29, 0.717) is 4.75 Å². The molecule has 0 saturated carbocycles. The van der Waals surface area contributed by atoms with Crippen LogP contribution in [-0.2, 0) is 6.61 Å². The Balaban J connectivity index is 2.04. The van der Waals surface area contributed by atoms with Crippen LogP contribution < -0.4 is 4.90 Å². The summed E-state index contributed by atoms with van der Waals surface area (Å²) in [6.45, 7) is 6.85. The summed E-state index contributed by atoms with van der Waals surface area (Å²) in [5, 5.41) is 10.1. The molecule has 0 aromatic carbocycles. The van der Waals surface area contributed by atoms with Gasteiger partial charge < -0.3 is 10.0 Å². The number of aliphatic hydroxyl groups is 1. The first-order valence-corrected chi connectivity index (χ1v) is 7.35. The average molecular weight is 258 g/mol. The predicted octanol–water partition coefficient (Wildman–Crippen LogP) is 2.36. The van der Waals surface area contributed by atoms with Crippen molar-refractivity contribution >= 4 is 28.2 Å². The maximum Gasteiger partial charge on any atom is 0.185 e. The van der Waals surface area contributed by atoms with Gasteiger partial charge in [0.1, 0.15) is 0 Å². The molecule has 0 radical (unpaired) electrons. The Hall–Kier alpha value is -0.260. The fourth-order valence-electron chi connectivity index (χ4n) is 1.73. The third kappa shape index (κ3) is 2.90. The topological polar surface area (TPSA) is 36.4 Å². The van der Waals surface area contributed by atoms with Crippen LogP contribution in [0.3, 0.4) is 0 Å². The van der Waals surface area contributed by atoms with Crippen molar-refractivity contribution in [3.8, 4) is 0 Å². The van der Waals surface area contributed by atoms with Gasteiger partial charge in [0.15, 0.2) is 5.13 Å². The minimum Gasteiger partial charge on any atom is -0.391 e. The Kier molecular flexibility index (Phi) is 3.77. The second-order valence-electron chi connectivity index (χ2n) is 4.61. The number of hydrogen-bond donors (Lipinski definition) is 1. The van der Waals surface area contributed by atoms with Crippen LogP contribution in [-0.4, -0.2) is 33.7 Å². The lowest BCUT2D eigenvalue weighted by molar-refractivity contribution is 0.285. The van der Waals surface area contributed by atoms with Gasteiger partial charge in [-0.25, -0.2) is 4.98 Å². The van der Waals surface area contributed by atoms with Crippen LogP contribution in [0, 0.1) is 0 Å². The van der Waals surface area contributed by atoms with Crippen molar-refractivity contribution in [3.05, 3.63) is 11.1 Å². The Morgan fingerprint density at radius 2 is 2.31 bits per heavy atom. The van der Waals surface area contributed by atoms with E-state index in [9.17, 15) is 0 Å². The van der Waals surface area contributed by atoms with E-state index < -0.39 is 0 Å². The van der Waals surface area contributed by atoms with Gasteiger partial charge in [-0.15, -0.1) is 0 Å². The quantitative estimate of drug-likeness (QED) is 0.883. The smallest absolute Gasteiger partial charge is 0.185 e. The van der Waals surface area contributed by atoms with Crippen molar-refractivity contribution in [2.75, 3.05) is 23.7 Å². The number of nitrogens with zero attached hydrogens (tertiary/aromatic N) is 2. The van der Waals surface area contributed by atoms with E-state index in [-0.39, 0.29) is 6.61 Å². The molecule has 1 fully saturated rings. The van der Waals surface area contributed by atoms with Gasteiger partial charge in [-0.05, 0) is 6.42 Å². The maximum atomic E-state index is 9.04. The van der Waals surface area contributed by atoms with Crippen LogP contribution in [0.5, 0.6) is 0 Å². The van der Waals surface area contributed by atoms with Gasteiger partial charge in [0, 0.05) is 29.8 Å². The first-order chi connectivity index (χ1) is 7.61. The molecule has 0 bridgehead atoms. The number of rotatable bonds is 2. The van der Waals surface area contributed by atoms with Crippen LogP contribution >= 0.6 is 23.1 Å². The molecule has 1 saturated heterocycles. The zero-order valence-electron chi connectivity index (χ0n) is 9.77. The zero-order valence-corrected chi connectivity index (χ0v) is 11.4. The zero-order chi connectivity index (χ0) is 11.6. The lowest BCUT2D eigenvalue weighted by atomic mass is 10.1. The average Bonchev–Trinajstić information content (AvgIpc) is 2.64. The van der Waals surface area contributed by atoms with Crippen LogP contribution in [0.15, 0.2) is 6.20 Å². The molecule has 5 heteroatoms. The highest BCUT2D eigenvalue weighted by Crippen LogP contribution is 2.33. The molecule has 1 aromatic heterocycles. The molecule has 3 nitrogen and oxygen atoms in total. The monoisotopic (exact) mass is 258 g/mol. The molecule has 0 unspecified atom stereocenters. The minimum absolute atomic E-state index is 0.103. The van der Waals surface area contributed by atoms with Crippen molar-refractivity contribution in [1.82, 2.24) is 4.98 Å². The van der Waals surface area contributed by atoms with Gasteiger partial charge in [-0.3, -0.25) is 0 Å². The first kappa shape index (κ1) is 12.2. The summed E-state index contributed by atoms with van der Waals surface area (Å²) in [4.78, 5) is 7.66. The Morgan fingerprint density at radius 3 is 3.00 bits per heavy atom. The number of hydrogen-bond acceptors (Lipinski definition) is 5. The predicted molar refractivity (Wildman–Crippen MR) is 71.4 cm³/mol. The summed E-state index contributed by atoms with van der Waals surface area (Å²) in [5.41, 5.74) is 0. The van der Waals surface area contributed by atoms with Crippen molar-refractivity contribution < 1.29 is 5.11 Å². The lowest BCUT2D eigenvalue weighted by Crippen LogP contribution is -2.26. The Labute approximate surface area is 105 Å². The summed E-state index contributed by atoms with van der Waals surface area (Å²) >= 11 is 3.64. The standard InChI is InChI=1S/C11H18N2OS2/c1-11(2)3-4-13(5-6-15-11)10-12-7-9(8-14)16-10/h7,14H,3-6,8H2,1-2H3. The molecule has 0 spiro atoms. The molecule has 2 rings (SSSR count). The highest BCUT2D eigenvalue weighted by Gasteiger charge is 2.24. The van der Waals surface area contributed by atoms with Crippen molar-refractivity contribution in [2.45, 2.75) is 31.6 Å². The van der Waals surface area contributed by atoms with Gasteiger partial charge in [0.25, 0.3) is 0 Å². The van der Waals surface area contributed by atoms with Gasteiger partial charge in [0.2, 0.25) is 0 Å². The van der Waals surface area contributed by atoms with Gasteiger partial charge >= 0.3 is 0 Å². The van der Waals surface area contributed by atoms with Gasteiger partial charge in [-0.2, -0.15) is 11.8 Å². The minimum atomic E-state index is 0.103. The molecule has 1 N–H and O–H groups in total. The molecular formula is C11H18N2OS2. The van der Waals surface area contributed by atoms with Crippen LogP contribution in [0.2, 0.25) is 0 Å². The van der Waals surface area contributed by atoms with Crippen molar-refractivity contribution in [2.24, 2.45) is 0 Å². The molecule has 2 heterocycles. The fourth-order valence-corrected chi connectivity index (χ4v) is 3.65. The molecule has 1 aliphatic heterocycles. The summed E-state index contributed by atoms with van der Waals surface area (Å²) < 4.78 is 0.381. The SMILES string of the molecule is CC1(C)CCN(c2ncc(CO)s2)CCS1. The van der Waals surface area contributed by atoms with E-state index in [2.05, 4.69) is 23.7 Å². The van der Waals surface area contributed by atoms with E-state index in [4.69, 9.17) is 5.11 Å². The molecule has 1 aromatic rings. The number of aliphatic hydroxyl groups excluding tert-OH is 1. The molecular weight excluding hydrogens is 240 g/mol. The second kappa shape index (κ2) is 4.94. The third-order valence-electron chi connectivity index (χ3n) is 2.81. The van der Waals surface area contributed by atoms with E-state index in [1.54, 1.807) is 17.5 Å². The van der Waals surface area contributed by atoms with Gasteiger partial charge in [-0.1, -0.05) is 25.2 Å². The largest absolute Gasteiger partial charge is 0.391 e. The van der Waals surface area contributed by atoms with Crippen LogP contribution in [0.25, 0.3) is 0 Å². The van der Waals surface area contributed by atoms with Crippen LogP contribution in [0.1, 0.15) is 25.1 Å². The molecule has 0 atom stereocenters. The summed E-state index contributed by atoms with van der Waals surface area (Å²) in [5.74, 6) is 1.15. The number of thiazole rings is 1. The lowest BCUT2D eigenvalue weighted by Gasteiger charge is -2.22. The Bertz CT molecular complexity index is 352. The van der Waals surface area contributed by atoms with E-state index >= 15 is 0 Å². The normalized spacial score (nSPS) is 20.8. The summed E-state index contributed by atoms with van der Waals surface area (Å²) in [7, 11) is 0. The molecule has 16 heavy (non-hydrogen) atoms. The molecule has 0 amide bonds. The van der Waals surface area contributed by atoms with E-state index in [1.807, 2.05) is 11.8 Å². The van der Waals surface area contributed by atoms with Gasteiger partial charge in [0.05, 0.1) is 11.5 Å². The third-order valence-corrected chi connectivity index (χ3v) is 5.22. The number of thioether (sulfide) groups is 1. The second-order valence-corrected chi connectivity index (χ2v) is 7.51. The fraction of sp³-hybridized carbons (Fsp3) is 0.727. The van der Waals surface area contributed by atoms with Crippen molar-refractivity contribution in [1.29, 1.82) is 0 Å². The number of anilines is 1. The van der Waals surface area contributed by atoms with Crippen molar-refractivity contribution in [3.63, 3.8) is 0 Å². The summed E-state index contributed by atoms with van der Waals surface area (Å²) in [6, 6.07) is 0. The molecule has 90 valence electrons. The highest BCUT2D eigenvalue weighted by molar-refractivity contribution is 8.00. The Morgan fingerprint density at radius 1 is 1.50 bits per heavy atom. The van der Waals surface area contributed by atoms with E-state index in [0.717, 1.165) is 28.9 Å². The van der Waals surface area contributed by atoms with E-state index in [1.165, 1.54) is 6.42 Å².